The van der Waals surface area contributed by atoms with Gasteiger partial charge in [-0.1, -0.05) is 60.1 Å². The zero-order valence-corrected chi connectivity index (χ0v) is 14.4. The third-order valence-electron chi connectivity index (χ3n) is 3.71. The zero-order chi connectivity index (χ0) is 17.5. The zero-order valence-electron chi connectivity index (χ0n) is 13.6. The predicted octanol–water partition coefficient (Wildman–Crippen LogP) is 5.21. The molecular formula is C21H18ClNO2. The number of benzene rings is 3. The van der Waals surface area contributed by atoms with Crippen LogP contribution >= 0.6 is 11.6 Å². The minimum Gasteiger partial charge on any atom is -0.492 e. The van der Waals surface area contributed by atoms with E-state index in [1.54, 1.807) is 36.4 Å². The molecule has 25 heavy (non-hydrogen) atoms. The maximum atomic E-state index is 12.5. The average Bonchev–Trinajstić information content (AvgIpc) is 2.63. The molecule has 1 amide bonds. The van der Waals surface area contributed by atoms with Crippen LogP contribution in [-0.2, 0) is 6.42 Å². The number of hydrogen-bond donors (Lipinski definition) is 1. The largest absolute Gasteiger partial charge is 0.492 e. The number of carbonyl (C=O) groups is 1. The molecule has 0 aliphatic rings. The summed E-state index contributed by atoms with van der Waals surface area (Å²) < 4.78 is 5.84. The van der Waals surface area contributed by atoms with E-state index in [-0.39, 0.29) is 5.91 Å². The Kier molecular flexibility index (Phi) is 5.70. The summed E-state index contributed by atoms with van der Waals surface area (Å²) in [5.41, 5.74) is 2.34. The van der Waals surface area contributed by atoms with Gasteiger partial charge in [0.1, 0.15) is 5.75 Å². The summed E-state index contributed by atoms with van der Waals surface area (Å²) in [6.45, 7) is 0.505. The van der Waals surface area contributed by atoms with Crippen LogP contribution in [0, 0.1) is 0 Å². The average molecular weight is 352 g/mol. The maximum Gasteiger partial charge on any atom is 0.259 e. The number of hydrogen-bond acceptors (Lipinski definition) is 2. The molecule has 0 saturated carbocycles. The van der Waals surface area contributed by atoms with Gasteiger partial charge in [0.15, 0.2) is 0 Å². The van der Waals surface area contributed by atoms with E-state index in [1.807, 2.05) is 30.3 Å². The van der Waals surface area contributed by atoms with Gasteiger partial charge in [-0.25, -0.2) is 0 Å². The van der Waals surface area contributed by atoms with Crippen molar-refractivity contribution < 1.29 is 9.53 Å². The van der Waals surface area contributed by atoms with Crippen LogP contribution in [0.15, 0.2) is 78.9 Å². The molecular weight excluding hydrogens is 334 g/mol. The first-order valence-electron chi connectivity index (χ1n) is 8.05. The minimum absolute atomic E-state index is 0.224. The highest BCUT2D eigenvalue weighted by Crippen LogP contribution is 2.21. The number of amides is 1. The van der Waals surface area contributed by atoms with Crippen LogP contribution in [0.2, 0.25) is 5.02 Å². The summed E-state index contributed by atoms with van der Waals surface area (Å²) in [5.74, 6) is 0.343. The maximum absolute atomic E-state index is 12.5. The van der Waals surface area contributed by atoms with Gasteiger partial charge in [0.05, 0.1) is 12.2 Å². The number of ether oxygens (including phenoxy) is 1. The Balaban J connectivity index is 1.66. The van der Waals surface area contributed by atoms with Crippen molar-refractivity contribution in [2.24, 2.45) is 0 Å². The van der Waals surface area contributed by atoms with Crippen molar-refractivity contribution in [3.05, 3.63) is 95.0 Å². The smallest absolute Gasteiger partial charge is 0.259 e. The minimum atomic E-state index is -0.224. The van der Waals surface area contributed by atoms with Crippen LogP contribution in [0.5, 0.6) is 5.75 Å². The topological polar surface area (TPSA) is 38.3 Å². The van der Waals surface area contributed by atoms with E-state index >= 15 is 0 Å². The van der Waals surface area contributed by atoms with Gasteiger partial charge in [0.25, 0.3) is 5.91 Å². The van der Waals surface area contributed by atoms with Crippen molar-refractivity contribution in [2.75, 3.05) is 11.9 Å². The molecule has 3 aromatic carbocycles. The summed E-state index contributed by atoms with van der Waals surface area (Å²) in [6, 6.07) is 24.4. The van der Waals surface area contributed by atoms with Crippen molar-refractivity contribution in [2.45, 2.75) is 6.42 Å². The molecule has 126 valence electrons. The first-order valence-corrected chi connectivity index (χ1v) is 8.43. The van der Waals surface area contributed by atoms with Crippen molar-refractivity contribution in [1.29, 1.82) is 0 Å². The monoisotopic (exact) mass is 351 g/mol. The summed E-state index contributed by atoms with van der Waals surface area (Å²) >= 11 is 5.96. The Morgan fingerprint density at radius 1 is 0.920 bits per heavy atom. The standard InChI is InChI=1S/C21H18ClNO2/c22-17-9-6-10-18(15-17)23-21(24)19-11-4-5-12-20(19)25-14-13-16-7-2-1-3-8-16/h1-12,15H,13-14H2,(H,23,24). The van der Waals surface area contributed by atoms with Crippen LogP contribution < -0.4 is 10.1 Å². The van der Waals surface area contributed by atoms with E-state index in [1.165, 1.54) is 5.56 Å². The van der Waals surface area contributed by atoms with Crippen molar-refractivity contribution in [3.63, 3.8) is 0 Å². The third kappa shape index (κ3) is 4.85. The molecule has 4 heteroatoms. The SMILES string of the molecule is O=C(Nc1cccc(Cl)c1)c1ccccc1OCCc1ccccc1. The van der Waals surface area contributed by atoms with Gasteiger partial charge < -0.3 is 10.1 Å². The van der Waals surface area contributed by atoms with Crippen LogP contribution in [0.1, 0.15) is 15.9 Å². The van der Waals surface area contributed by atoms with E-state index in [4.69, 9.17) is 16.3 Å². The third-order valence-corrected chi connectivity index (χ3v) is 3.94. The van der Waals surface area contributed by atoms with Crippen molar-refractivity contribution in [1.82, 2.24) is 0 Å². The van der Waals surface area contributed by atoms with E-state index in [0.717, 1.165) is 6.42 Å². The Hall–Kier alpha value is -2.78. The lowest BCUT2D eigenvalue weighted by molar-refractivity contribution is 0.102. The molecule has 0 heterocycles. The van der Waals surface area contributed by atoms with Crippen LogP contribution in [-0.4, -0.2) is 12.5 Å². The molecule has 0 aliphatic carbocycles. The Morgan fingerprint density at radius 3 is 2.48 bits per heavy atom. The van der Waals surface area contributed by atoms with Gasteiger partial charge in [-0.3, -0.25) is 4.79 Å². The molecule has 3 rings (SSSR count). The molecule has 0 bridgehead atoms. The van der Waals surface area contributed by atoms with Crippen LogP contribution in [0.25, 0.3) is 0 Å². The first-order chi connectivity index (χ1) is 12.2. The molecule has 0 fully saturated rings. The fraction of sp³-hybridized carbons (Fsp3) is 0.0952. The number of carbonyl (C=O) groups excluding carboxylic acids is 1. The van der Waals surface area contributed by atoms with E-state index < -0.39 is 0 Å². The normalized spacial score (nSPS) is 10.3. The summed E-state index contributed by atoms with van der Waals surface area (Å²) in [6.07, 6.45) is 0.783. The number of anilines is 1. The summed E-state index contributed by atoms with van der Waals surface area (Å²) in [4.78, 5) is 12.5. The number of halogens is 1. The lowest BCUT2D eigenvalue weighted by Crippen LogP contribution is -2.14. The van der Waals surface area contributed by atoms with Gasteiger partial charge in [-0.05, 0) is 35.9 Å². The second kappa shape index (κ2) is 8.36. The van der Waals surface area contributed by atoms with Gasteiger partial charge >= 0.3 is 0 Å². The van der Waals surface area contributed by atoms with Crippen molar-refractivity contribution >= 4 is 23.2 Å². The quantitative estimate of drug-likeness (QED) is 0.661. The second-order valence-corrected chi connectivity index (χ2v) is 5.98. The van der Waals surface area contributed by atoms with E-state index in [0.29, 0.717) is 28.6 Å². The fourth-order valence-electron chi connectivity index (χ4n) is 2.47. The molecule has 0 aliphatic heterocycles. The lowest BCUT2D eigenvalue weighted by atomic mass is 10.1. The molecule has 1 N–H and O–H groups in total. The summed E-state index contributed by atoms with van der Waals surface area (Å²) in [7, 11) is 0. The molecule has 0 atom stereocenters. The number of nitrogens with one attached hydrogen (secondary N) is 1. The van der Waals surface area contributed by atoms with Gasteiger partial charge in [0.2, 0.25) is 0 Å². The molecule has 0 spiro atoms. The van der Waals surface area contributed by atoms with E-state index in [2.05, 4.69) is 17.4 Å². The summed E-state index contributed by atoms with van der Waals surface area (Å²) in [5, 5.41) is 3.42. The molecule has 0 unspecified atom stereocenters. The highest BCUT2D eigenvalue weighted by molar-refractivity contribution is 6.31. The second-order valence-electron chi connectivity index (χ2n) is 5.54. The highest BCUT2D eigenvalue weighted by Gasteiger charge is 2.12. The Morgan fingerprint density at radius 2 is 1.68 bits per heavy atom. The Labute approximate surface area is 152 Å². The molecule has 3 aromatic rings. The highest BCUT2D eigenvalue weighted by atomic mass is 35.5. The van der Waals surface area contributed by atoms with Crippen molar-refractivity contribution in [3.8, 4) is 5.75 Å². The molecule has 3 nitrogen and oxygen atoms in total. The Bertz CT molecular complexity index is 849. The van der Waals surface area contributed by atoms with Crippen LogP contribution in [0.4, 0.5) is 5.69 Å². The molecule has 0 radical (unpaired) electrons. The molecule has 0 aromatic heterocycles. The predicted molar refractivity (Wildman–Crippen MR) is 101 cm³/mol. The van der Waals surface area contributed by atoms with E-state index in [9.17, 15) is 4.79 Å². The number of rotatable bonds is 6. The lowest BCUT2D eigenvalue weighted by Gasteiger charge is -2.12. The van der Waals surface area contributed by atoms with Gasteiger partial charge in [-0.15, -0.1) is 0 Å². The first kappa shape index (κ1) is 17.1. The van der Waals surface area contributed by atoms with Gasteiger partial charge in [-0.2, -0.15) is 0 Å². The molecule has 0 saturated heterocycles. The van der Waals surface area contributed by atoms with Gasteiger partial charge in [0, 0.05) is 17.1 Å². The van der Waals surface area contributed by atoms with Crippen LogP contribution in [0.3, 0.4) is 0 Å². The number of para-hydroxylation sites is 1. The fourth-order valence-corrected chi connectivity index (χ4v) is 2.66.